The van der Waals surface area contributed by atoms with Gasteiger partial charge < -0.3 is 10.6 Å². The molecule has 25 heavy (non-hydrogen) atoms. The van der Waals surface area contributed by atoms with E-state index in [1.807, 2.05) is 6.92 Å². The summed E-state index contributed by atoms with van der Waals surface area (Å²) in [4.78, 5) is 12.2. The van der Waals surface area contributed by atoms with Crippen molar-refractivity contribution in [3.05, 3.63) is 35.9 Å². The normalized spacial score (nSPS) is 16.1. The second-order valence-electron chi connectivity index (χ2n) is 6.32. The predicted molar refractivity (Wildman–Crippen MR) is 101 cm³/mol. The van der Waals surface area contributed by atoms with E-state index in [4.69, 9.17) is 0 Å². The molecule has 0 saturated carbocycles. The van der Waals surface area contributed by atoms with Gasteiger partial charge in [0, 0.05) is 25.8 Å². The number of hydrogen-bond donors (Lipinski definition) is 3. The SMILES string of the molecule is C[C@H](NC(=O)Nc1cccc(NS(=O)(=O)N(C)C)c1)C1=CCCCC1. The lowest BCUT2D eigenvalue weighted by atomic mass is 9.95. The van der Waals surface area contributed by atoms with E-state index in [0.717, 1.165) is 23.6 Å². The topological polar surface area (TPSA) is 90.5 Å². The number of hydrogen-bond acceptors (Lipinski definition) is 3. The molecule has 0 bridgehead atoms. The quantitative estimate of drug-likeness (QED) is 0.676. The Kier molecular flexibility index (Phi) is 6.44. The van der Waals surface area contributed by atoms with Crippen LogP contribution >= 0.6 is 0 Å². The van der Waals surface area contributed by atoms with Gasteiger partial charge in [-0.25, -0.2) is 4.79 Å². The van der Waals surface area contributed by atoms with Gasteiger partial charge in [0.15, 0.2) is 0 Å². The molecule has 0 fully saturated rings. The summed E-state index contributed by atoms with van der Waals surface area (Å²) in [7, 11) is -0.695. The van der Waals surface area contributed by atoms with Crippen molar-refractivity contribution in [2.24, 2.45) is 0 Å². The van der Waals surface area contributed by atoms with Gasteiger partial charge in [-0.2, -0.15) is 12.7 Å². The van der Waals surface area contributed by atoms with E-state index in [1.165, 1.54) is 26.1 Å². The Bertz CT molecular complexity index is 744. The minimum absolute atomic E-state index is 0.0178. The lowest BCUT2D eigenvalue weighted by Crippen LogP contribution is -2.37. The minimum Gasteiger partial charge on any atom is -0.332 e. The molecule has 1 aromatic carbocycles. The van der Waals surface area contributed by atoms with Gasteiger partial charge in [0.25, 0.3) is 0 Å². The smallest absolute Gasteiger partial charge is 0.319 e. The summed E-state index contributed by atoms with van der Waals surface area (Å²) in [5, 5.41) is 5.66. The number of urea groups is 1. The van der Waals surface area contributed by atoms with Gasteiger partial charge in [-0.05, 0) is 50.8 Å². The van der Waals surface area contributed by atoms with E-state index < -0.39 is 10.2 Å². The van der Waals surface area contributed by atoms with Crippen molar-refractivity contribution in [3.63, 3.8) is 0 Å². The summed E-state index contributed by atoms with van der Waals surface area (Å²) in [5.74, 6) is 0. The maximum atomic E-state index is 12.2. The molecule has 0 heterocycles. The van der Waals surface area contributed by atoms with Crippen molar-refractivity contribution < 1.29 is 13.2 Å². The zero-order valence-corrected chi connectivity index (χ0v) is 15.7. The predicted octanol–water partition coefficient (Wildman–Crippen LogP) is 2.92. The van der Waals surface area contributed by atoms with Gasteiger partial charge in [0.05, 0.1) is 5.69 Å². The molecule has 8 heteroatoms. The molecule has 7 nitrogen and oxygen atoms in total. The number of anilines is 2. The number of carbonyl (C=O) groups excluding carboxylic acids is 1. The van der Waals surface area contributed by atoms with Gasteiger partial charge in [-0.3, -0.25) is 4.72 Å². The Morgan fingerprint density at radius 1 is 1.20 bits per heavy atom. The Hall–Kier alpha value is -2.06. The molecule has 1 aliphatic carbocycles. The van der Waals surface area contributed by atoms with Crippen LogP contribution in [0.4, 0.5) is 16.2 Å². The van der Waals surface area contributed by atoms with Crippen LogP contribution in [-0.4, -0.2) is 38.9 Å². The van der Waals surface area contributed by atoms with Crippen molar-refractivity contribution in [1.82, 2.24) is 9.62 Å². The fourth-order valence-corrected chi connectivity index (χ4v) is 3.22. The Morgan fingerprint density at radius 2 is 1.92 bits per heavy atom. The van der Waals surface area contributed by atoms with E-state index in [1.54, 1.807) is 24.3 Å². The van der Waals surface area contributed by atoms with Crippen molar-refractivity contribution >= 4 is 27.6 Å². The molecule has 0 radical (unpaired) electrons. The molecule has 0 saturated heterocycles. The molecule has 3 N–H and O–H groups in total. The van der Waals surface area contributed by atoms with Crippen LogP contribution in [0.1, 0.15) is 32.6 Å². The Morgan fingerprint density at radius 3 is 2.56 bits per heavy atom. The first-order valence-electron chi connectivity index (χ1n) is 8.35. The summed E-state index contributed by atoms with van der Waals surface area (Å²) >= 11 is 0. The molecule has 1 aromatic rings. The van der Waals surface area contributed by atoms with Crippen molar-refractivity contribution in [2.75, 3.05) is 24.1 Å². The number of benzene rings is 1. The minimum atomic E-state index is -3.58. The highest BCUT2D eigenvalue weighted by molar-refractivity contribution is 7.90. The second-order valence-corrected chi connectivity index (χ2v) is 8.20. The molecular formula is C17H26N4O3S. The van der Waals surface area contributed by atoms with Crippen LogP contribution in [0, 0.1) is 0 Å². The van der Waals surface area contributed by atoms with Gasteiger partial charge >= 0.3 is 16.2 Å². The standard InChI is InChI=1S/C17H26N4O3S/c1-13(14-8-5-4-6-9-14)18-17(22)19-15-10-7-11-16(12-15)20-25(23,24)21(2)3/h7-8,10-13,20H,4-6,9H2,1-3H3,(H2,18,19,22)/t13-/m0/s1. The highest BCUT2D eigenvalue weighted by Crippen LogP contribution is 2.20. The van der Waals surface area contributed by atoms with Crippen molar-refractivity contribution in [3.8, 4) is 0 Å². The highest BCUT2D eigenvalue weighted by Gasteiger charge is 2.15. The van der Waals surface area contributed by atoms with Crippen LogP contribution in [0.2, 0.25) is 0 Å². The third kappa shape index (κ3) is 5.75. The van der Waals surface area contributed by atoms with Gasteiger partial charge in [0.2, 0.25) is 0 Å². The van der Waals surface area contributed by atoms with Crippen LogP contribution in [-0.2, 0) is 10.2 Å². The fraction of sp³-hybridized carbons (Fsp3) is 0.471. The third-order valence-corrected chi connectivity index (χ3v) is 5.53. The summed E-state index contributed by atoms with van der Waals surface area (Å²) in [6.07, 6.45) is 6.65. The number of carbonyl (C=O) groups is 1. The Labute approximate surface area is 149 Å². The van der Waals surface area contributed by atoms with Crippen LogP contribution in [0.15, 0.2) is 35.9 Å². The molecule has 0 aliphatic heterocycles. The lowest BCUT2D eigenvalue weighted by Gasteiger charge is -2.21. The van der Waals surface area contributed by atoms with E-state index >= 15 is 0 Å². The maximum Gasteiger partial charge on any atom is 0.319 e. The summed E-state index contributed by atoms with van der Waals surface area (Å²) in [6.45, 7) is 1.97. The number of nitrogens with zero attached hydrogens (tertiary/aromatic N) is 1. The molecule has 2 rings (SSSR count). The monoisotopic (exact) mass is 366 g/mol. The number of amides is 2. The summed E-state index contributed by atoms with van der Waals surface area (Å²) in [6, 6.07) is 6.25. The first-order valence-corrected chi connectivity index (χ1v) is 9.79. The van der Waals surface area contributed by atoms with E-state index in [0.29, 0.717) is 11.4 Å². The highest BCUT2D eigenvalue weighted by atomic mass is 32.2. The second kappa shape index (κ2) is 8.35. The van der Waals surface area contributed by atoms with Crippen molar-refractivity contribution in [2.45, 2.75) is 38.6 Å². The van der Waals surface area contributed by atoms with Crippen molar-refractivity contribution in [1.29, 1.82) is 0 Å². The van der Waals surface area contributed by atoms with E-state index in [-0.39, 0.29) is 12.1 Å². The third-order valence-electron chi connectivity index (χ3n) is 4.08. The Balaban J connectivity index is 1.97. The summed E-state index contributed by atoms with van der Waals surface area (Å²) < 4.78 is 27.2. The van der Waals surface area contributed by atoms with Crippen LogP contribution < -0.4 is 15.4 Å². The zero-order valence-electron chi connectivity index (χ0n) is 14.9. The molecule has 1 atom stereocenters. The molecule has 0 spiro atoms. The summed E-state index contributed by atoms with van der Waals surface area (Å²) in [5.41, 5.74) is 2.16. The van der Waals surface area contributed by atoms with Gasteiger partial charge in [-0.1, -0.05) is 17.7 Å². The van der Waals surface area contributed by atoms with E-state index in [9.17, 15) is 13.2 Å². The average molecular weight is 366 g/mol. The number of allylic oxidation sites excluding steroid dienone is 1. The van der Waals surface area contributed by atoms with E-state index in [2.05, 4.69) is 21.4 Å². The largest absolute Gasteiger partial charge is 0.332 e. The molecule has 0 aromatic heterocycles. The number of rotatable bonds is 6. The first-order chi connectivity index (χ1) is 11.8. The molecule has 0 unspecified atom stereocenters. The molecular weight excluding hydrogens is 340 g/mol. The van der Waals surface area contributed by atoms with Crippen LogP contribution in [0.3, 0.4) is 0 Å². The maximum absolute atomic E-state index is 12.2. The average Bonchev–Trinajstić information content (AvgIpc) is 2.55. The molecule has 2 amide bonds. The van der Waals surface area contributed by atoms with Crippen LogP contribution in [0.5, 0.6) is 0 Å². The van der Waals surface area contributed by atoms with Gasteiger partial charge in [-0.15, -0.1) is 0 Å². The lowest BCUT2D eigenvalue weighted by molar-refractivity contribution is 0.250. The molecule has 138 valence electrons. The van der Waals surface area contributed by atoms with Gasteiger partial charge in [0.1, 0.15) is 0 Å². The van der Waals surface area contributed by atoms with Crippen LogP contribution in [0.25, 0.3) is 0 Å². The fourth-order valence-electron chi connectivity index (χ4n) is 2.61. The number of nitrogens with one attached hydrogen (secondary N) is 3. The first kappa shape index (κ1) is 19.3. The zero-order chi connectivity index (χ0) is 18.4. The molecule has 1 aliphatic rings.